The highest BCUT2D eigenvalue weighted by Crippen LogP contribution is 2.04. The van der Waals surface area contributed by atoms with Crippen LogP contribution in [0.5, 0.6) is 0 Å². The number of rotatable bonds is 2. The Hall–Kier alpha value is -0.810. The van der Waals surface area contributed by atoms with E-state index >= 15 is 0 Å². The summed E-state index contributed by atoms with van der Waals surface area (Å²) in [5.74, 6) is 0. The Morgan fingerprint density at radius 1 is 1.25 bits per heavy atom. The predicted molar refractivity (Wildman–Crippen MR) is 46.2 cm³/mol. The number of carbonyl (C=O) groups excluding carboxylic acids is 1. The fraction of sp³-hybridized carbons (Fsp3) is 0.857. The molecule has 1 aliphatic rings. The fourth-order valence-electron chi connectivity index (χ4n) is 1.20. The average Bonchev–Trinajstić information content (AvgIpc) is 2.16. The summed E-state index contributed by atoms with van der Waals surface area (Å²) in [5, 5.41) is 4.48. The lowest BCUT2D eigenvalue weighted by molar-refractivity contribution is 0.128. The van der Waals surface area contributed by atoms with E-state index in [0.717, 1.165) is 13.1 Å². The highest BCUT2D eigenvalue weighted by molar-refractivity contribution is 5.72. The number of carbonyl (C=O) groups is 1. The first kappa shape index (κ1) is 9.28. The van der Waals surface area contributed by atoms with E-state index < -0.39 is 0 Å². The van der Waals surface area contributed by atoms with E-state index in [-0.39, 0.29) is 6.03 Å². The van der Waals surface area contributed by atoms with Crippen LogP contribution in [0, 0.1) is 0 Å². The van der Waals surface area contributed by atoms with Crippen LogP contribution in [0.3, 0.4) is 0 Å². The van der Waals surface area contributed by atoms with Gasteiger partial charge in [0.1, 0.15) is 0 Å². The second kappa shape index (κ2) is 4.95. The molecule has 0 unspecified atom stereocenters. The smallest absolute Gasteiger partial charge is 0.329 e. The normalized spacial score (nSPS) is 18.8. The number of amides is 2. The van der Waals surface area contributed by atoms with Gasteiger partial charge in [-0.05, 0) is 12.8 Å². The lowest BCUT2D eigenvalue weighted by Gasteiger charge is -2.26. The van der Waals surface area contributed by atoms with E-state index in [4.69, 9.17) is 0 Å². The van der Waals surface area contributed by atoms with Gasteiger partial charge in [-0.1, -0.05) is 6.42 Å². The van der Waals surface area contributed by atoms with Gasteiger partial charge in [0.15, 0.2) is 0 Å². The van der Waals surface area contributed by atoms with Crippen molar-refractivity contribution in [2.45, 2.75) is 19.3 Å². The molecule has 0 radical (unpaired) electrons. The van der Waals surface area contributed by atoms with E-state index in [1.54, 1.807) is 7.05 Å². The minimum absolute atomic E-state index is 0.208. The van der Waals surface area contributed by atoms with Gasteiger partial charge < -0.3 is 5.32 Å². The highest BCUT2D eigenvalue weighted by atomic mass is 16.2. The van der Waals surface area contributed by atoms with Crippen molar-refractivity contribution >= 4 is 6.03 Å². The van der Waals surface area contributed by atoms with Gasteiger partial charge >= 0.3 is 6.03 Å². The predicted octanol–water partition coefficient (Wildman–Crippen LogP) is -0.179. The van der Waals surface area contributed by atoms with Crippen molar-refractivity contribution in [1.29, 1.82) is 0 Å². The number of hydrazine groups is 2. The largest absolute Gasteiger partial charge is 0.340 e. The molecule has 1 heterocycles. The molecule has 1 fully saturated rings. The second-order valence-corrected chi connectivity index (χ2v) is 2.86. The first-order valence-corrected chi connectivity index (χ1v) is 4.31. The van der Waals surface area contributed by atoms with Gasteiger partial charge in [0.05, 0.1) is 0 Å². The third kappa shape index (κ3) is 3.06. The van der Waals surface area contributed by atoms with E-state index in [1.807, 2.05) is 5.01 Å². The van der Waals surface area contributed by atoms with Gasteiger partial charge in [0, 0.05) is 20.1 Å². The van der Waals surface area contributed by atoms with Crippen molar-refractivity contribution in [3.05, 3.63) is 0 Å². The van der Waals surface area contributed by atoms with Crippen molar-refractivity contribution in [3.8, 4) is 0 Å². The Kier molecular flexibility index (Phi) is 3.83. The Balaban J connectivity index is 2.09. The maximum atomic E-state index is 10.7. The lowest BCUT2D eigenvalue weighted by atomic mass is 10.2. The number of hydrogen-bond acceptors (Lipinski definition) is 3. The van der Waals surface area contributed by atoms with Crippen LogP contribution in [-0.4, -0.2) is 31.2 Å². The molecule has 5 nitrogen and oxygen atoms in total. The molecule has 0 aromatic carbocycles. The summed E-state index contributed by atoms with van der Waals surface area (Å²) in [6.07, 6.45) is 3.68. The zero-order chi connectivity index (χ0) is 8.81. The zero-order valence-corrected chi connectivity index (χ0v) is 7.39. The highest BCUT2D eigenvalue weighted by Gasteiger charge is 2.09. The van der Waals surface area contributed by atoms with Crippen molar-refractivity contribution in [2.24, 2.45) is 0 Å². The van der Waals surface area contributed by atoms with Crippen LogP contribution in [0.4, 0.5) is 4.79 Å². The molecule has 1 aliphatic heterocycles. The van der Waals surface area contributed by atoms with Crippen LogP contribution in [0.2, 0.25) is 0 Å². The molecule has 1 saturated heterocycles. The molecule has 2 amide bonds. The molecule has 0 saturated carbocycles. The maximum Gasteiger partial charge on any atom is 0.329 e. The Labute approximate surface area is 72.4 Å². The van der Waals surface area contributed by atoms with Crippen molar-refractivity contribution in [2.75, 3.05) is 20.1 Å². The van der Waals surface area contributed by atoms with Gasteiger partial charge in [-0.3, -0.25) is 5.43 Å². The first-order valence-electron chi connectivity index (χ1n) is 4.31. The van der Waals surface area contributed by atoms with Crippen LogP contribution in [0.15, 0.2) is 0 Å². The molecule has 0 aromatic rings. The molecule has 5 heteroatoms. The first-order chi connectivity index (χ1) is 5.83. The third-order valence-electron chi connectivity index (χ3n) is 1.91. The van der Waals surface area contributed by atoms with Crippen LogP contribution in [0.1, 0.15) is 19.3 Å². The molecule has 0 spiro atoms. The van der Waals surface area contributed by atoms with Gasteiger partial charge in [0.2, 0.25) is 0 Å². The summed E-state index contributed by atoms with van der Waals surface area (Å²) in [6.45, 7) is 2.01. The topological polar surface area (TPSA) is 56.4 Å². The molecule has 0 aromatic heterocycles. The summed E-state index contributed by atoms with van der Waals surface area (Å²) in [5.41, 5.74) is 5.37. The van der Waals surface area contributed by atoms with Gasteiger partial charge in [0.25, 0.3) is 0 Å². The monoisotopic (exact) mass is 172 g/mol. The standard InChI is InChI=1S/C7H16N4O/c1-8-7(12)9-10-11-5-3-2-4-6-11/h10H,2-6H2,1H3,(H2,8,9,12). The molecule has 70 valence electrons. The molecule has 1 rings (SSSR count). The number of hydrogen-bond donors (Lipinski definition) is 3. The van der Waals surface area contributed by atoms with Crippen molar-refractivity contribution < 1.29 is 4.79 Å². The van der Waals surface area contributed by atoms with Crippen LogP contribution in [0.25, 0.3) is 0 Å². The minimum Gasteiger partial charge on any atom is -0.340 e. The zero-order valence-electron chi connectivity index (χ0n) is 7.39. The summed E-state index contributed by atoms with van der Waals surface area (Å²) >= 11 is 0. The minimum atomic E-state index is -0.208. The van der Waals surface area contributed by atoms with Gasteiger partial charge in [-0.25, -0.2) is 9.80 Å². The molecule has 0 aliphatic carbocycles. The molecular weight excluding hydrogens is 156 g/mol. The van der Waals surface area contributed by atoms with Gasteiger partial charge in [-0.15, -0.1) is 0 Å². The van der Waals surface area contributed by atoms with Crippen LogP contribution >= 0.6 is 0 Å². The molecular formula is C7H16N4O. The maximum absolute atomic E-state index is 10.7. The van der Waals surface area contributed by atoms with Gasteiger partial charge in [-0.2, -0.15) is 5.53 Å². The molecule has 12 heavy (non-hydrogen) atoms. The Bertz CT molecular complexity index is 144. The lowest BCUT2D eigenvalue weighted by Crippen LogP contribution is -2.53. The quantitative estimate of drug-likeness (QED) is 0.506. The number of urea groups is 1. The van der Waals surface area contributed by atoms with Crippen LogP contribution in [-0.2, 0) is 0 Å². The summed E-state index contributed by atoms with van der Waals surface area (Å²) in [4.78, 5) is 10.7. The molecule has 0 bridgehead atoms. The van der Waals surface area contributed by atoms with Crippen molar-refractivity contribution in [3.63, 3.8) is 0 Å². The number of nitrogens with zero attached hydrogens (tertiary/aromatic N) is 1. The summed E-state index contributed by atoms with van der Waals surface area (Å²) < 4.78 is 0. The van der Waals surface area contributed by atoms with Crippen LogP contribution < -0.4 is 16.3 Å². The second-order valence-electron chi connectivity index (χ2n) is 2.86. The number of piperidine rings is 1. The fourth-order valence-corrected chi connectivity index (χ4v) is 1.20. The third-order valence-corrected chi connectivity index (χ3v) is 1.91. The van der Waals surface area contributed by atoms with E-state index in [2.05, 4.69) is 16.3 Å². The summed E-state index contributed by atoms with van der Waals surface area (Å²) in [7, 11) is 1.59. The van der Waals surface area contributed by atoms with E-state index in [1.165, 1.54) is 19.3 Å². The van der Waals surface area contributed by atoms with Crippen molar-refractivity contribution in [1.82, 2.24) is 21.3 Å². The molecule has 3 N–H and O–H groups in total. The van der Waals surface area contributed by atoms with E-state index in [0.29, 0.717) is 0 Å². The Morgan fingerprint density at radius 3 is 2.50 bits per heavy atom. The SMILES string of the molecule is CNC(=O)NNN1CCCCC1. The molecule has 0 atom stereocenters. The number of nitrogens with one attached hydrogen (secondary N) is 3. The average molecular weight is 172 g/mol. The van der Waals surface area contributed by atoms with E-state index in [9.17, 15) is 4.79 Å². The Morgan fingerprint density at radius 2 is 1.92 bits per heavy atom. The summed E-state index contributed by atoms with van der Waals surface area (Å²) in [6, 6.07) is -0.208.